The molecule has 0 atom stereocenters. The SMILES string of the molecule is COc1ccc(CC(=O)CSC2=NCCC2(C)C)c(Br)c1. The number of carbonyl (C=O) groups excluding carboxylic acids is 1. The number of nitrogens with zero attached hydrogens (tertiary/aromatic N) is 1. The van der Waals surface area contributed by atoms with Crippen LogP contribution < -0.4 is 4.74 Å². The number of hydrogen-bond acceptors (Lipinski definition) is 4. The van der Waals surface area contributed by atoms with Crippen molar-refractivity contribution in [3.8, 4) is 5.75 Å². The van der Waals surface area contributed by atoms with E-state index in [0.717, 1.165) is 33.8 Å². The molecule has 0 fully saturated rings. The molecule has 0 saturated heterocycles. The van der Waals surface area contributed by atoms with Gasteiger partial charge in [0.25, 0.3) is 0 Å². The first-order valence-corrected chi connectivity index (χ1v) is 8.72. The van der Waals surface area contributed by atoms with Crippen molar-refractivity contribution in [2.24, 2.45) is 10.4 Å². The molecule has 3 nitrogen and oxygen atoms in total. The largest absolute Gasteiger partial charge is 0.497 e. The zero-order chi connectivity index (χ0) is 15.5. The first kappa shape index (κ1) is 16.6. The van der Waals surface area contributed by atoms with Crippen molar-refractivity contribution < 1.29 is 9.53 Å². The Morgan fingerprint density at radius 2 is 2.24 bits per heavy atom. The van der Waals surface area contributed by atoms with Crippen molar-refractivity contribution in [2.75, 3.05) is 19.4 Å². The number of halogens is 1. The molecular formula is C16H20BrNO2S. The normalized spacial score (nSPS) is 16.7. The van der Waals surface area contributed by atoms with Crippen LogP contribution in [0, 0.1) is 5.41 Å². The second-order valence-corrected chi connectivity index (χ2v) is 7.60. The standard InChI is InChI=1S/C16H20BrNO2S/c1-16(2)6-7-18-15(16)21-10-12(19)8-11-4-5-13(20-3)9-14(11)17/h4-5,9H,6-8,10H2,1-3H3. The maximum atomic E-state index is 12.2. The number of rotatable bonds is 5. The monoisotopic (exact) mass is 369 g/mol. The lowest BCUT2D eigenvalue weighted by molar-refractivity contribution is -0.116. The summed E-state index contributed by atoms with van der Waals surface area (Å²) in [5.41, 5.74) is 1.13. The Hall–Kier alpha value is -0.810. The molecule has 0 spiro atoms. The molecule has 0 amide bonds. The fourth-order valence-electron chi connectivity index (χ4n) is 2.21. The minimum atomic E-state index is 0.131. The van der Waals surface area contributed by atoms with E-state index in [4.69, 9.17) is 4.74 Å². The van der Waals surface area contributed by atoms with Gasteiger partial charge in [-0.2, -0.15) is 0 Å². The van der Waals surface area contributed by atoms with Gasteiger partial charge in [0.1, 0.15) is 11.5 Å². The summed E-state index contributed by atoms with van der Waals surface area (Å²) in [7, 11) is 1.63. The predicted molar refractivity (Wildman–Crippen MR) is 92.6 cm³/mol. The zero-order valence-corrected chi connectivity index (χ0v) is 15.0. The van der Waals surface area contributed by atoms with Crippen molar-refractivity contribution in [2.45, 2.75) is 26.7 Å². The van der Waals surface area contributed by atoms with E-state index in [1.54, 1.807) is 18.9 Å². The molecule has 0 aromatic heterocycles. The topological polar surface area (TPSA) is 38.7 Å². The number of methoxy groups -OCH3 is 1. The molecule has 1 heterocycles. The molecule has 1 aromatic rings. The van der Waals surface area contributed by atoms with Crippen molar-refractivity contribution in [3.63, 3.8) is 0 Å². The van der Waals surface area contributed by atoms with E-state index >= 15 is 0 Å². The summed E-state index contributed by atoms with van der Waals surface area (Å²) < 4.78 is 6.07. The number of thioether (sulfide) groups is 1. The van der Waals surface area contributed by atoms with Gasteiger partial charge in [0.05, 0.1) is 17.9 Å². The van der Waals surface area contributed by atoms with E-state index in [-0.39, 0.29) is 11.2 Å². The lowest BCUT2D eigenvalue weighted by Crippen LogP contribution is -2.19. The van der Waals surface area contributed by atoms with Gasteiger partial charge in [-0.25, -0.2) is 0 Å². The summed E-state index contributed by atoms with van der Waals surface area (Å²) in [6.07, 6.45) is 1.51. The highest BCUT2D eigenvalue weighted by atomic mass is 79.9. The molecule has 0 saturated carbocycles. The summed E-state index contributed by atoms with van der Waals surface area (Å²) in [5.74, 6) is 1.49. The van der Waals surface area contributed by atoms with Crippen molar-refractivity contribution >= 4 is 38.5 Å². The third-order valence-electron chi connectivity index (χ3n) is 3.59. The van der Waals surface area contributed by atoms with Crippen LogP contribution in [-0.2, 0) is 11.2 Å². The smallest absolute Gasteiger partial charge is 0.147 e. The molecule has 21 heavy (non-hydrogen) atoms. The van der Waals surface area contributed by atoms with Crippen LogP contribution in [0.2, 0.25) is 0 Å². The highest BCUT2D eigenvalue weighted by molar-refractivity contribution is 9.10. The lowest BCUT2D eigenvalue weighted by Gasteiger charge is -2.18. The molecule has 1 aliphatic rings. The van der Waals surface area contributed by atoms with Gasteiger partial charge in [0, 0.05) is 22.9 Å². The van der Waals surface area contributed by atoms with Gasteiger partial charge in [-0.3, -0.25) is 9.79 Å². The predicted octanol–water partition coefficient (Wildman–Crippen LogP) is 4.13. The Kier molecular flexibility index (Phi) is 5.49. The van der Waals surface area contributed by atoms with Gasteiger partial charge < -0.3 is 4.74 Å². The highest BCUT2D eigenvalue weighted by Crippen LogP contribution is 2.34. The van der Waals surface area contributed by atoms with Gasteiger partial charge in [-0.15, -0.1) is 11.8 Å². The van der Waals surface area contributed by atoms with Gasteiger partial charge in [0.2, 0.25) is 0 Å². The first-order valence-electron chi connectivity index (χ1n) is 6.94. The van der Waals surface area contributed by atoms with Gasteiger partial charge in [-0.05, 0) is 24.1 Å². The number of ether oxygens (including phenoxy) is 1. The molecule has 0 aliphatic carbocycles. The maximum absolute atomic E-state index is 12.2. The number of Topliss-reactive ketones (excluding diaryl/α,β-unsaturated/α-hetero) is 1. The molecule has 0 unspecified atom stereocenters. The second-order valence-electron chi connectivity index (χ2n) is 5.78. The average molecular weight is 370 g/mol. The van der Waals surface area contributed by atoms with Crippen molar-refractivity contribution in [3.05, 3.63) is 28.2 Å². The quantitative estimate of drug-likeness (QED) is 0.782. The van der Waals surface area contributed by atoms with Crippen molar-refractivity contribution in [1.29, 1.82) is 0 Å². The Morgan fingerprint density at radius 1 is 1.48 bits per heavy atom. The Labute approximate surface area is 138 Å². The minimum Gasteiger partial charge on any atom is -0.497 e. The maximum Gasteiger partial charge on any atom is 0.147 e. The Balaban J connectivity index is 1.90. The van der Waals surface area contributed by atoms with E-state index in [1.807, 2.05) is 18.2 Å². The first-order chi connectivity index (χ1) is 9.92. The zero-order valence-electron chi connectivity index (χ0n) is 12.6. The molecule has 0 radical (unpaired) electrons. The number of aliphatic imine (C=N–C) groups is 1. The summed E-state index contributed by atoms with van der Waals surface area (Å²) in [5, 5.41) is 1.12. The number of carbonyl (C=O) groups is 1. The number of hydrogen-bond donors (Lipinski definition) is 0. The molecule has 114 valence electrons. The summed E-state index contributed by atoms with van der Waals surface area (Å²) in [6.45, 7) is 5.26. The second kappa shape index (κ2) is 6.97. The Bertz CT molecular complexity index is 569. The molecule has 0 bridgehead atoms. The van der Waals surface area contributed by atoms with Crippen LogP contribution >= 0.6 is 27.7 Å². The van der Waals surface area contributed by atoms with E-state index in [2.05, 4.69) is 34.8 Å². The van der Waals surface area contributed by atoms with Crippen LogP contribution in [-0.4, -0.2) is 30.2 Å². The summed E-state index contributed by atoms with van der Waals surface area (Å²) >= 11 is 5.08. The molecule has 1 aromatic carbocycles. The van der Waals surface area contributed by atoms with Crippen LogP contribution in [0.25, 0.3) is 0 Å². The summed E-state index contributed by atoms with van der Waals surface area (Å²) in [6, 6.07) is 5.70. The van der Waals surface area contributed by atoms with Crippen LogP contribution in [0.1, 0.15) is 25.8 Å². The van der Waals surface area contributed by atoms with Crippen molar-refractivity contribution in [1.82, 2.24) is 0 Å². The van der Waals surface area contributed by atoms with E-state index in [0.29, 0.717) is 12.2 Å². The molecule has 5 heteroatoms. The van der Waals surface area contributed by atoms with E-state index in [1.165, 1.54) is 0 Å². The summed E-state index contributed by atoms with van der Waals surface area (Å²) in [4.78, 5) is 16.7. The van der Waals surface area contributed by atoms with Crippen LogP contribution in [0.5, 0.6) is 5.75 Å². The highest BCUT2D eigenvalue weighted by Gasteiger charge is 2.29. The third-order valence-corrected chi connectivity index (χ3v) is 5.75. The fourth-order valence-corrected chi connectivity index (χ4v) is 3.78. The van der Waals surface area contributed by atoms with Gasteiger partial charge in [-0.1, -0.05) is 35.8 Å². The average Bonchev–Trinajstić information content (AvgIpc) is 2.77. The number of ketones is 1. The molecular weight excluding hydrogens is 350 g/mol. The van der Waals surface area contributed by atoms with Crippen LogP contribution in [0.3, 0.4) is 0 Å². The van der Waals surface area contributed by atoms with E-state index in [9.17, 15) is 4.79 Å². The van der Waals surface area contributed by atoms with E-state index < -0.39 is 0 Å². The van der Waals surface area contributed by atoms with Gasteiger partial charge >= 0.3 is 0 Å². The molecule has 2 rings (SSSR count). The van der Waals surface area contributed by atoms with Crippen LogP contribution in [0.4, 0.5) is 0 Å². The van der Waals surface area contributed by atoms with Crippen LogP contribution in [0.15, 0.2) is 27.7 Å². The molecule has 0 N–H and O–H groups in total. The lowest BCUT2D eigenvalue weighted by atomic mass is 9.93. The molecule has 1 aliphatic heterocycles. The Morgan fingerprint density at radius 3 is 2.81 bits per heavy atom. The fraction of sp³-hybridized carbons (Fsp3) is 0.500. The third kappa shape index (κ3) is 4.33. The minimum absolute atomic E-state index is 0.131. The van der Waals surface area contributed by atoms with Gasteiger partial charge in [0.15, 0.2) is 0 Å². The number of benzene rings is 1.